The van der Waals surface area contributed by atoms with E-state index in [2.05, 4.69) is 15.1 Å². The van der Waals surface area contributed by atoms with E-state index in [1.54, 1.807) is 7.11 Å². The zero-order chi connectivity index (χ0) is 19.9. The number of morpholine rings is 1. The van der Waals surface area contributed by atoms with Crippen LogP contribution in [0.4, 0.5) is 5.69 Å². The van der Waals surface area contributed by atoms with Gasteiger partial charge in [-0.3, -0.25) is 19.4 Å². The summed E-state index contributed by atoms with van der Waals surface area (Å²) in [4.78, 5) is 31.2. The molecule has 1 atom stereocenters. The zero-order valence-corrected chi connectivity index (χ0v) is 16.7. The molecule has 0 saturated carbocycles. The van der Waals surface area contributed by atoms with Gasteiger partial charge in [0.15, 0.2) is 0 Å². The predicted octanol–water partition coefficient (Wildman–Crippen LogP) is 0.499. The van der Waals surface area contributed by atoms with Crippen molar-refractivity contribution in [3.05, 3.63) is 24.3 Å². The first kappa shape index (κ1) is 20.6. The summed E-state index contributed by atoms with van der Waals surface area (Å²) in [6.07, 6.45) is 0. The van der Waals surface area contributed by atoms with Crippen molar-refractivity contribution >= 4 is 17.5 Å². The number of benzene rings is 1. The summed E-state index contributed by atoms with van der Waals surface area (Å²) in [5.41, 5.74) is 0.747. The molecule has 2 heterocycles. The maximum atomic E-state index is 12.6. The number of hydrogen-bond donors (Lipinski definition) is 1. The van der Waals surface area contributed by atoms with Crippen molar-refractivity contribution in [2.75, 3.05) is 71.5 Å². The SMILES string of the molecule is COc1ccc(NC(=O)[C@@H](C)N2CCN(C(=O)CN3CCOCC3)CC2)cc1. The van der Waals surface area contributed by atoms with Gasteiger partial charge < -0.3 is 19.7 Å². The lowest BCUT2D eigenvalue weighted by Crippen LogP contribution is -2.55. The molecule has 3 rings (SSSR count). The lowest BCUT2D eigenvalue weighted by atomic mass is 10.2. The van der Waals surface area contributed by atoms with Crippen LogP contribution in [0.5, 0.6) is 5.75 Å². The van der Waals surface area contributed by atoms with E-state index in [-0.39, 0.29) is 17.9 Å². The van der Waals surface area contributed by atoms with E-state index in [4.69, 9.17) is 9.47 Å². The van der Waals surface area contributed by atoms with E-state index >= 15 is 0 Å². The molecule has 1 aromatic carbocycles. The van der Waals surface area contributed by atoms with Gasteiger partial charge in [-0.2, -0.15) is 0 Å². The number of hydrogen-bond acceptors (Lipinski definition) is 6. The highest BCUT2D eigenvalue weighted by molar-refractivity contribution is 5.94. The summed E-state index contributed by atoms with van der Waals surface area (Å²) in [5.74, 6) is 0.874. The van der Waals surface area contributed by atoms with Gasteiger partial charge in [-0.15, -0.1) is 0 Å². The number of amides is 2. The standard InChI is InChI=1S/C20H30N4O4/c1-16(20(26)21-17-3-5-18(27-2)6-4-17)23-7-9-24(10-8-23)19(25)15-22-11-13-28-14-12-22/h3-6,16H,7-15H2,1-2H3,(H,21,26)/t16-/m1/s1. The lowest BCUT2D eigenvalue weighted by molar-refractivity contribution is -0.135. The quantitative estimate of drug-likeness (QED) is 0.763. The van der Waals surface area contributed by atoms with Gasteiger partial charge in [0.2, 0.25) is 11.8 Å². The third kappa shape index (κ3) is 5.43. The number of ether oxygens (including phenoxy) is 2. The average Bonchev–Trinajstić information content (AvgIpc) is 2.74. The van der Waals surface area contributed by atoms with Crippen LogP contribution in [0, 0.1) is 0 Å². The second-order valence-electron chi connectivity index (χ2n) is 7.20. The Bertz CT molecular complexity index is 653. The first-order chi connectivity index (χ1) is 13.6. The fraction of sp³-hybridized carbons (Fsp3) is 0.600. The van der Waals surface area contributed by atoms with E-state index in [1.807, 2.05) is 36.1 Å². The number of anilines is 1. The first-order valence-electron chi connectivity index (χ1n) is 9.83. The molecule has 0 unspecified atom stereocenters. The van der Waals surface area contributed by atoms with Gasteiger partial charge in [0.05, 0.1) is 32.9 Å². The molecule has 0 spiro atoms. The van der Waals surface area contributed by atoms with Crippen LogP contribution >= 0.6 is 0 Å². The second kappa shape index (κ2) is 9.86. The molecule has 0 aliphatic carbocycles. The number of carbonyl (C=O) groups is 2. The summed E-state index contributed by atoms with van der Waals surface area (Å²) >= 11 is 0. The molecule has 0 aromatic heterocycles. The van der Waals surface area contributed by atoms with Gasteiger partial charge >= 0.3 is 0 Å². The van der Waals surface area contributed by atoms with E-state index < -0.39 is 0 Å². The number of piperazine rings is 1. The first-order valence-corrected chi connectivity index (χ1v) is 9.83. The van der Waals surface area contributed by atoms with Crippen molar-refractivity contribution in [3.8, 4) is 5.75 Å². The van der Waals surface area contributed by atoms with Gasteiger partial charge in [0.25, 0.3) is 0 Å². The molecule has 0 bridgehead atoms. The Balaban J connectivity index is 1.43. The Kier molecular flexibility index (Phi) is 7.24. The van der Waals surface area contributed by atoms with E-state index in [0.717, 1.165) is 24.5 Å². The van der Waals surface area contributed by atoms with Gasteiger partial charge in [0, 0.05) is 45.0 Å². The summed E-state index contributed by atoms with van der Waals surface area (Å²) in [6, 6.07) is 7.04. The maximum Gasteiger partial charge on any atom is 0.241 e. The fourth-order valence-corrected chi connectivity index (χ4v) is 3.50. The van der Waals surface area contributed by atoms with Crippen LogP contribution in [0.2, 0.25) is 0 Å². The van der Waals surface area contributed by atoms with E-state index in [9.17, 15) is 9.59 Å². The van der Waals surface area contributed by atoms with Crippen molar-refractivity contribution in [1.29, 1.82) is 0 Å². The van der Waals surface area contributed by atoms with E-state index in [1.165, 1.54) is 0 Å². The summed E-state index contributed by atoms with van der Waals surface area (Å²) < 4.78 is 10.5. The van der Waals surface area contributed by atoms with Crippen LogP contribution < -0.4 is 10.1 Å². The molecule has 1 N–H and O–H groups in total. The smallest absolute Gasteiger partial charge is 0.241 e. The maximum absolute atomic E-state index is 12.6. The zero-order valence-electron chi connectivity index (χ0n) is 16.7. The second-order valence-corrected chi connectivity index (χ2v) is 7.20. The number of carbonyl (C=O) groups excluding carboxylic acids is 2. The van der Waals surface area contributed by atoms with Gasteiger partial charge in [0.1, 0.15) is 5.75 Å². The molecule has 2 aliphatic rings. The summed E-state index contributed by atoms with van der Waals surface area (Å²) in [7, 11) is 1.61. The Labute approximate surface area is 166 Å². The monoisotopic (exact) mass is 390 g/mol. The number of rotatable bonds is 6. The Morgan fingerprint density at radius 1 is 1.07 bits per heavy atom. The minimum absolute atomic E-state index is 0.0433. The number of nitrogens with zero attached hydrogens (tertiary/aromatic N) is 3. The lowest BCUT2D eigenvalue weighted by Gasteiger charge is -2.38. The molecule has 1 aromatic rings. The Hall–Kier alpha value is -2.16. The molecule has 2 amide bonds. The molecule has 2 saturated heterocycles. The average molecular weight is 390 g/mol. The van der Waals surface area contributed by atoms with Crippen LogP contribution in [0.15, 0.2) is 24.3 Å². The number of methoxy groups -OCH3 is 1. The molecule has 8 heteroatoms. The highest BCUT2D eigenvalue weighted by Crippen LogP contribution is 2.16. The van der Waals surface area contributed by atoms with Crippen LogP contribution in [-0.2, 0) is 14.3 Å². The van der Waals surface area contributed by atoms with Gasteiger partial charge in [-0.25, -0.2) is 0 Å². The Morgan fingerprint density at radius 3 is 2.32 bits per heavy atom. The molecular weight excluding hydrogens is 360 g/mol. The third-order valence-electron chi connectivity index (χ3n) is 5.41. The van der Waals surface area contributed by atoms with Crippen LogP contribution in [0.3, 0.4) is 0 Å². The van der Waals surface area contributed by atoms with Crippen molar-refractivity contribution in [1.82, 2.24) is 14.7 Å². The largest absolute Gasteiger partial charge is 0.497 e. The molecule has 2 aliphatic heterocycles. The van der Waals surface area contributed by atoms with Crippen LogP contribution in [0.25, 0.3) is 0 Å². The molecule has 154 valence electrons. The molecule has 28 heavy (non-hydrogen) atoms. The minimum atomic E-state index is -0.251. The molecule has 8 nitrogen and oxygen atoms in total. The highest BCUT2D eigenvalue weighted by atomic mass is 16.5. The van der Waals surface area contributed by atoms with Crippen molar-refractivity contribution in [2.24, 2.45) is 0 Å². The minimum Gasteiger partial charge on any atom is -0.497 e. The highest BCUT2D eigenvalue weighted by Gasteiger charge is 2.28. The van der Waals surface area contributed by atoms with Crippen molar-refractivity contribution in [2.45, 2.75) is 13.0 Å². The third-order valence-corrected chi connectivity index (χ3v) is 5.41. The molecule has 2 fully saturated rings. The normalized spacial score (nSPS) is 19.9. The molecular formula is C20H30N4O4. The van der Waals surface area contributed by atoms with Crippen LogP contribution in [-0.4, -0.2) is 98.7 Å². The number of nitrogens with one attached hydrogen (secondary N) is 1. The predicted molar refractivity (Wildman–Crippen MR) is 106 cm³/mol. The molecule has 0 radical (unpaired) electrons. The van der Waals surface area contributed by atoms with Crippen molar-refractivity contribution < 1.29 is 19.1 Å². The summed E-state index contributed by atoms with van der Waals surface area (Å²) in [6.45, 7) is 8.10. The Morgan fingerprint density at radius 2 is 1.71 bits per heavy atom. The topological polar surface area (TPSA) is 74.4 Å². The van der Waals surface area contributed by atoms with Gasteiger partial charge in [-0.1, -0.05) is 0 Å². The van der Waals surface area contributed by atoms with E-state index in [0.29, 0.717) is 45.9 Å². The van der Waals surface area contributed by atoms with Crippen molar-refractivity contribution in [3.63, 3.8) is 0 Å². The summed E-state index contributed by atoms with van der Waals surface area (Å²) in [5, 5.41) is 2.94. The van der Waals surface area contributed by atoms with Crippen LogP contribution in [0.1, 0.15) is 6.92 Å². The fourth-order valence-electron chi connectivity index (χ4n) is 3.50. The van der Waals surface area contributed by atoms with Gasteiger partial charge in [-0.05, 0) is 31.2 Å².